The Morgan fingerprint density at radius 1 is 1.26 bits per heavy atom. The highest BCUT2D eigenvalue weighted by atomic mass is 16.5. The molecule has 6 heteroatoms. The number of rotatable bonds is 4. The summed E-state index contributed by atoms with van der Waals surface area (Å²) in [5, 5.41) is 22.9. The molecule has 2 aliphatic heterocycles. The average molecular weight is 426 g/mol. The summed E-state index contributed by atoms with van der Waals surface area (Å²) in [6.45, 7) is 8.01. The lowest BCUT2D eigenvalue weighted by molar-refractivity contribution is -0.171. The number of allylic oxidation sites excluding steroid dienone is 2. The summed E-state index contributed by atoms with van der Waals surface area (Å²) in [6, 6.07) is 3.03. The number of phenolic OH excluding ortho intramolecular Hbond substituents is 2. The fraction of sp³-hybridized carbons (Fsp3) is 0.600. The van der Waals surface area contributed by atoms with Crippen LogP contribution in [0.1, 0.15) is 58.4 Å². The molecule has 0 radical (unpaired) electrons. The van der Waals surface area contributed by atoms with Crippen molar-refractivity contribution in [2.75, 3.05) is 5.32 Å². The SMILES string of the molecule is CC1=CC(=O)C(C)(CCC(=O)Nc2c(O)ccc(C)c2O)C2C3CC4CC12CC4(C)O3. The van der Waals surface area contributed by atoms with Crippen molar-refractivity contribution in [3.05, 3.63) is 29.3 Å². The maximum absolute atomic E-state index is 13.3. The molecular weight excluding hydrogens is 394 g/mol. The van der Waals surface area contributed by atoms with E-state index in [4.69, 9.17) is 4.74 Å². The summed E-state index contributed by atoms with van der Waals surface area (Å²) in [5.74, 6) is 0.0582. The minimum atomic E-state index is -0.672. The lowest BCUT2D eigenvalue weighted by Gasteiger charge is -2.57. The van der Waals surface area contributed by atoms with Crippen molar-refractivity contribution in [1.82, 2.24) is 0 Å². The minimum Gasteiger partial charge on any atom is -0.506 e. The Labute approximate surface area is 182 Å². The van der Waals surface area contributed by atoms with Gasteiger partial charge in [0.05, 0.1) is 11.7 Å². The van der Waals surface area contributed by atoms with Crippen LogP contribution in [0.4, 0.5) is 5.69 Å². The molecule has 31 heavy (non-hydrogen) atoms. The van der Waals surface area contributed by atoms with Crippen molar-refractivity contribution < 1.29 is 24.5 Å². The molecule has 2 saturated heterocycles. The van der Waals surface area contributed by atoms with Crippen molar-refractivity contribution >= 4 is 17.4 Å². The van der Waals surface area contributed by atoms with Crippen LogP contribution < -0.4 is 5.32 Å². The Bertz CT molecular complexity index is 1030. The fourth-order valence-electron chi connectivity index (χ4n) is 7.33. The van der Waals surface area contributed by atoms with Crippen LogP contribution in [-0.2, 0) is 14.3 Å². The van der Waals surface area contributed by atoms with Crippen molar-refractivity contribution in [2.24, 2.45) is 22.7 Å². The molecule has 6 nitrogen and oxygen atoms in total. The Morgan fingerprint density at radius 3 is 2.71 bits per heavy atom. The average Bonchev–Trinajstić information content (AvgIpc) is 3.07. The lowest BCUT2D eigenvalue weighted by Crippen LogP contribution is -2.58. The van der Waals surface area contributed by atoms with Crippen LogP contribution in [0, 0.1) is 29.6 Å². The summed E-state index contributed by atoms with van der Waals surface area (Å²) in [4.78, 5) is 26.0. The van der Waals surface area contributed by atoms with E-state index in [1.165, 1.54) is 11.6 Å². The van der Waals surface area contributed by atoms with Gasteiger partial charge in [0.2, 0.25) is 5.91 Å². The van der Waals surface area contributed by atoms with Gasteiger partial charge in [0.25, 0.3) is 0 Å². The van der Waals surface area contributed by atoms with E-state index in [2.05, 4.69) is 19.2 Å². The third-order valence-electron chi connectivity index (χ3n) is 8.92. The van der Waals surface area contributed by atoms with Gasteiger partial charge in [0.15, 0.2) is 5.78 Å². The number of carbonyl (C=O) groups is 2. The Morgan fingerprint density at radius 2 is 2.00 bits per heavy atom. The topological polar surface area (TPSA) is 95.9 Å². The summed E-state index contributed by atoms with van der Waals surface area (Å²) >= 11 is 0. The maximum atomic E-state index is 13.3. The molecule has 0 aromatic heterocycles. The lowest BCUT2D eigenvalue weighted by atomic mass is 9.48. The van der Waals surface area contributed by atoms with Gasteiger partial charge in [-0.3, -0.25) is 9.59 Å². The zero-order chi connectivity index (χ0) is 22.3. The molecule has 3 aliphatic carbocycles. The van der Waals surface area contributed by atoms with Gasteiger partial charge >= 0.3 is 0 Å². The van der Waals surface area contributed by atoms with E-state index in [1.54, 1.807) is 13.0 Å². The third-order valence-corrected chi connectivity index (χ3v) is 8.92. The predicted octanol–water partition coefficient (Wildman–Crippen LogP) is 4.23. The highest BCUT2D eigenvalue weighted by Crippen LogP contribution is 2.73. The second-order valence-corrected chi connectivity index (χ2v) is 10.7. The number of carbonyl (C=O) groups excluding carboxylic acids is 2. The first kappa shape index (κ1) is 20.6. The summed E-state index contributed by atoms with van der Waals surface area (Å²) in [6.07, 6.45) is 5.42. The second kappa shape index (κ2) is 6.35. The normalized spacial score (nSPS) is 40.1. The van der Waals surface area contributed by atoms with Crippen LogP contribution in [0.2, 0.25) is 0 Å². The molecule has 4 fully saturated rings. The molecular formula is C25H31NO5. The van der Waals surface area contributed by atoms with Gasteiger partial charge in [-0.25, -0.2) is 0 Å². The fourth-order valence-corrected chi connectivity index (χ4v) is 7.33. The summed E-state index contributed by atoms with van der Waals surface area (Å²) < 4.78 is 6.50. The zero-order valence-electron chi connectivity index (χ0n) is 18.6. The van der Waals surface area contributed by atoms with Gasteiger partial charge in [-0.15, -0.1) is 0 Å². The highest BCUT2D eigenvalue weighted by Gasteiger charge is 2.72. The number of anilines is 1. The molecule has 166 valence electrons. The number of aromatic hydroxyl groups is 2. The monoisotopic (exact) mass is 425 g/mol. The molecule has 5 aliphatic rings. The zero-order valence-corrected chi connectivity index (χ0v) is 18.6. The molecule has 2 saturated carbocycles. The number of phenols is 2. The molecule has 6 unspecified atom stereocenters. The van der Waals surface area contributed by atoms with E-state index in [1.807, 2.05) is 13.0 Å². The predicted molar refractivity (Wildman–Crippen MR) is 116 cm³/mol. The first-order valence-electron chi connectivity index (χ1n) is 11.2. The quantitative estimate of drug-likeness (QED) is 0.627. The van der Waals surface area contributed by atoms with E-state index in [0.29, 0.717) is 17.9 Å². The van der Waals surface area contributed by atoms with E-state index < -0.39 is 5.41 Å². The standard InChI is InChI=1S/C25H31NO5/c1-13-5-6-16(27)20(21(13)30)26-19(29)7-8-23(3)18(28)9-14(2)25-11-15-10-17(22(23)25)31-24(15,4)12-25/h5-6,9,15,17,22,27,30H,7-8,10-12H2,1-4H3,(H,26,29). The van der Waals surface area contributed by atoms with Gasteiger partial charge < -0.3 is 20.3 Å². The van der Waals surface area contributed by atoms with Gasteiger partial charge in [-0.2, -0.15) is 0 Å². The van der Waals surface area contributed by atoms with Crippen LogP contribution in [0.25, 0.3) is 0 Å². The van der Waals surface area contributed by atoms with Crippen molar-refractivity contribution in [2.45, 2.75) is 71.5 Å². The number of hydrogen-bond donors (Lipinski definition) is 3. The van der Waals surface area contributed by atoms with Crippen LogP contribution in [0.15, 0.2) is 23.8 Å². The van der Waals surface area contributed by atoms with Crippen LogP contribution in [0.3, 0.4) is 0 Å². The van der Waals surface area contributed by atoms with E-state index >= 15 is 0 Å². The maximum Gasteiger partial charge on any atom is 0.224 e. The molecule has 1 amide bonds. The molecule has 3 N–H and O–H groups in total. The van der Waals surface area contributed by atoms with Crippen LogP contribution in [-0.4, -0.2) is 33.6 Å². The second-order valence-electron chi connectivity index (χ2n) is 10.7. The van der Waals surface area contributed by atoms with Crippen molar-refractivity contribution in [3.63, 3.8) is 0 Å². The molecule has 6 rings (SSSR count). The Balaban J connectivity index is 1.39. The van der Waals surface area contributed by atoms with Crippen LogP contribution >= 0.6 is 0 Å². The number of hydrogen-bond acceptors (Lipinski definition) is 5. The molecule has 6 atom stereocenters. The van der Waals surface area contributed by atoms with Crippen molar-refractivity contribution in [1.29, 1.82) is 0 Å². The number of amides is 1. The highest BCUT2D eigenvalue weighted by molar-refractivity contribution is 5.98. The Hall–Kier alpha value is -2.34. The minimum absolute atomic E-state index is 0.00714. The number of ketones is 1. The Kier molecular flexibility index (Phi) is 4.21. The first-order chi connectivity index (χ1) is 14.5. The molecule has 1 aromatic rings. The first-order valence-corrected chi connectivity index (χ1v) is 11.2. The molecule has 4 bridgehead atoms. The molecule has 1 spiro atoms. The van der Waals surface area contributed by atoms with E-state index in [0.717, 1.165) is 19.3 Å². The summed E-state index contributed by atoms with van der Waals surface area (Å²) in [7, 11) is 0. The van der Waals surface area contributed by atoms with Crippen LogP contribution in [0.5, 0.6) is 11.5 Å². The number of benzene rings is 1. The van der Waals surface area contributed by atoms with Crippen molar-refractivity contribution in [3.8, 4) is 11.5 Å². The number of nitrogens with one attached hydrogen (secondary N) is 1. The number of ether oxygens (including phenoxy) is 1. The molecule has 2 heterocycles. The van der Waals surface area contributed by atoms with Gasteiger partial charge in [0.1, 0.15) is 17.2 Å². The number of aryl methyl sites for hydroxylation is 1. The smallest absolute Gasteiger partial charge is 0.224 e. The van der Waals surface area contributed by atoms with Gasteiger partial charge in [0, 0.05) is 23.2 Å². The van der Waals surface area contributed by atoms with Gasteiger partial charge in [-0.1, -0.05) is 18.6 Å². The molecule has 1 aromatic carbocycles. The van der Waals surface area contributed by atoms with Gasteiger partial charge in [-0.05, 0) is 70.1 Å². The van der Waals surface area contributed by atoms with E-state index in [-0.39, 0.29) is 58.3 Å². The largest absolute Gasteiger partial charge is 0.506 e. The van der Waals surface area contributed by atoms with E-state index in [9.17, 15) is 19.8 Å². The third kappa shape index (κ3) is 2.67. The summed E-state index contributed by atoms with van der Waals surface area (Å²) in [5.41, 5.74) is 0.998.